The predicted molar refractivity (Wildman–Crippen MR) is 105 cm³/mol. The number of hydrogen-bond acceptors (Lipinski definition) is 7. The predicted octanol–water partition coefficient (Wildman–Crippen LogP) is 2.68. The van der Waals surface area contributed by atoms with Crippen molar-refractivity contribution in [3.63, 3.8) is 0 Å². The Kier molecular flexibility index (Phi) is 4.90. The van der Waals surface area contributed by atoms with Crippen molar-refractivity contribution in [3.8, 4) is 27.9 Å². The van der Waals surface area contributed by atoms with Gasteiger partial charge >= 0.3 is 5.69 Å². The molecule has 0 N–H and O–H groups in total. The Morgan fingerprint density at radius 1 is 1.07 bits per heavy atom. The number of benzene rings is 2. The van der Waals surface area contributed by atoms with E-state index in [1.54, 1.807) is 20.2 Å². The van der Waals surface area contributed by atoms with Crippen LogP contribution in [0.2, 0.25) is 0 Å². The van der Waals surface area contributed by atoms with Crippen molar-refractivity contribution in [1.82, 2.24) is 24.8 Å². The lowest BCUT2D eigenvalue weighted by Gasteiger charge is -2.08. The summed E-state index contributed by atoms with van der Waals surface area (Å²) in [6, 6.07) is 15.1. The second-order valence-corrected chi connectivity index (χ2v) is 6.76. The highest BCUT2D eigenvalue weighted by Gasteiger charge is 2.12. The molecule has 8 nitrogen and oxygen atoms in total. The molecule has 4 rings (SSSR count). The number of aromatic nitrogens is 5. The Hall–Kier alpha value is -3.46. The van der Waals surface area contributed by atoms with Crippen LogP contribution in [0.4, 0.5) is 0 Å². The van der Waals surface area contributed by atoms with Gasteiger partial charge < -0.3 is 9.47 Å². The van der Waals surface area contributed by atoms with Crippen molar-refractivity contribution in [1.29, 1.82) is 0 Å². The molecule has 2 aromatic carbocycles. The summed E-state index contributed by atoms with van der Waals surface area (Å²) in [6.45, 7) is 0.259. The minimum atomic E-state index is -0.316. The molecule has 28 heavy (non-hydrogen) atoms. The zero-order valence-electron chi connectivity index (χ0n) is 15.3. The van der Waals surface area contributed by atoms with E-state index in [1.165, 1.54) is 20.7 Å². The van der Waals surface area contributed by atoms with Gasteiger partial charge in [0.15, 0.2) is 0 Å². The Labute approximate surface area is 164 Å². The fourth-order valence-corrected chi connectivity index (χ4v) is 3.34. The van der Waals surface area contributed by atoms with E-state index in [0.717, 1.165) is 22.6 Å². The maximum absolute atomic E-state index is 12.1. The van der Waals surface area contributed by atoms with E-state index >= 15 is 0 Å². The van der Waals surface area contributed by atoms with Gasteiger partial charge in [0.2, 0.25) is 0 Å². The number of aryl methyl sites for hydroxylation is 1. The van der Waals surface area contributed by atoms with Gasteiger partial charge in [-0.05, 0) is 40.8 Å². The van der Waals surface area contributed by atoms with Crippen LogP contribution in [-0.4, -0.2) is 31.9 Å². The Balaban J connectivity index is 1.52. The number of thiazole rings is 1. The first-order chi connectivity index (χ1) is 13.7. The van der Waals surface area contributed by atoms with Crippen molar-refractivity contribution in [2.24, 2.45) is 7.05 Å². The molecule has 0 aliphatic carbocycles. The van der Waals surface area contributed by atoms with E-state index in [9.17, 15) is 4.79 Å². The normalized spacial score (nSPS) is 10.8. The van der Waals surface area contributed by atoms with Gasteiger partial charge in [-0.3, -0.25) is 0 Å². The summed E-state index contributed by atoms with van der Waals surface area (Å²) >= 11 is 1.42. The molecule has 4 aromatic rings. The third-order valence-electron chi connectivity index (χ3n) is 4.16. The molecule has 0 atom stereocenters. The van der Waals surface area contributed by atoms with E-state index < -0.39 is 0 Å². The van der Waals surface area contributed by atoms with Crippen molar-refractivity contribution in [2.45, 2.75) is 6.61 Å². The third kappa shape index (κ3) is 3.52. The Bertz CT molecular complexity index is 1150. The van der Waals surface area contributed by atoms with E-state index in [1.807, 2.05) is 47.8 Å². The summed E-state index contributed by atoms with van der Waals surface area (Å²) in [5.41, 5.74) is 2.95. The maximum Gasteiger partial charge on any atom is 0.368 e. The Morgan fingerprint density at radius 3 is 2.57 bits per heavy atom. The van der Waals surface area contributed by atoms with Gasteiger partial charge in [-0.1, -0.05) is 29.5 Å². The van der Waals surface area contributed by atoms with Gasteiger partial charge in [-0.2, -0.15) is 9.36 Å². The fourth-order valence-electron chi connectivity index (χ4n) is 2.66. The molecule has 0 spiro atoms. The highest BCUT2D eigenvalue weighted by Crippen LogP contribution is 2.28. The van der Waals surface area contributed by atoms with Crippen LogP contribution in [0, 0.1) is 0 Å². The largest absolute Gasteiger partial charge is 0.497 e. The lowest BCUT2D eigenvalue weighted by atomic mass is 10.2. The number of ether oxygens (including phenoxy) is 2. The highest BCUT2D eigenvalue weighted by atomic mass is 32.1. The molecular weight excluding hydrogens is 378 g/mol. The van der Waals surface area contributed by atoms with Crippen LogP contribution < -0.4 is 15.2 Å². The SMILES string of the molecule is COc1ccc(-c2csc(OCc3ccccc3-n3nnn(C)c3=O)n2)cc1. The number of nitrogens with zero attached hydrogens (tertiary/aromatic N) is 5. The first-order valence-electron chi connectivity index (χ1n) is 8.46. The molecule has 0 aliphatic rings. The molecule has 0 saturated heterocycles. The molecule has 0 unspecified atom stereocenters. The summed E-state index contributed by atoms with van der Waals surface area (Å²) < 4.78 is 13.5. The molecule has 2 heterocycles. The average Bonchev–Trinajstić information content (AvgIpc) is 3.34. The van der Waals surface area contributed by atoms with Crippen LogP contribution in [0.3, 0.4) is 0 Å². The topological polar surface area (TPSA) is 84.1 Å². The smallest absolute Gasteiger partial charge is 0.368 e. The molecule has 9 heteroatoms. The number of para-hydroxylation sites is 1. The van der Waals surface area contributed by atoms with Crippen molar-refractivity contribution in [2.75, 3.05) is 7.11 Å². The van der Waals surface area contributed by atoms with Gasteiger partial charge in [0, 0.05) is 23.6 Å². The van der Waals surface area contributed by atoms with Crippen LogP contribution >= 0.6 is 11.3 Å². The number of hydrogen-bond donors (Lipinski definition) is 0. The minimum absolute atomic E-state index is 0.259. The summed E-state index contributed by atoms with van der Waals surface area (Å²) in [4.78, 5) is 16.7. The van der Waals surface area contributed by atoms with Crippen molar-refractivity contribution >= 4 is 11.3 Å². The molecule has 0 bridgehead atoms. The number of methoxy groups -OCH3 is 1. The van der Waals surface area contributed by atoms with Gasteiger partial charge in [0.25, 0.3) is 5.19 Å². The van der Waals surface area contributed by atoms with Crippen LogP contribution in [0.5, 0.6) is 10.9 Å². The molecule has 142 valence electrons. The second-order valence-electron chi connectivity index (χ2n) is 5.94. The molecule has 2 aromatic heterocycles. The quantitative estimate of drug-likeness (QED) is 0.499. The first kappa shape index (κ1) is 17.9. The van der Waals surface area contributed by atoms with Gasteiger partial charge in [0.1, 0.15) is 12.4 Å². The third-order valence-corrected chi connectivity index (χ3v) is 4.91. The fraction of sp³-hybridized carbons (Fsp3) is 0.158. The lowest BCUT2D eigenvalue weighted by molar-refractivity contribution is 0.304. The van der Waals surface area contributed by atoms with Gasteiger partial charge in [-0.25, -0.2) is 9.78 Å². The summed E-state index contributed by atoms with van der Waals surface area (Å²) in [6.07, 6.45) is 0. The van der Waals surface area contributed by atoms with E-state index in [2.05, 4.69) is 15.4 Å². The number of rotatable bonds is 6. The monoisotopic (exact) mass is 395 g/mol. The zero-order chi connectivity index (χ0) is 19.5. The van der Waals surface area contributed by atoms with Gasteiger partial charge in [-0.15, -0.1) is 0 Å². The van der Waals surface area contributed by atoms with Crippen LogP contribution in [-0.2, 0) is 13.7 Å². The summed E-state index contributed by atoms with van der Waals surface area (Å²) in [7, 11) is 3.19. The minimum Gasteiger partial charge on any atom is -0.497 e. The summed E-state index contributed by atoms with van der Waals surface area (Å²) in [5.74, 6) is 0.798. The van der Waals surface area contributed by atoms with E-state index in [-0.39, 0.29) is 12.3 Å². The molecule has 0 fully saturated rings. The highest BCUT2D eigenvalue weighted by molar-refractivity contribution is 7.11. The molecule has 0 saturated carbocycles. The summed E-state index contributed by atoms with van der Waals surface area (Å²) in [5, 5.41) is 10.1. The van der Waals surface area contributed by atoms with Crippen LogP contribution in [0.25, 0.3) is 16.9 Å². The van der Waals surface area contributed by atoms with Crippen LogP contribution in [0.15, 0.2) is 58.7 Å². The molecule has 0 radical (unpaired) electrons. The molecule has 0 aliphatic heterocycles. The first-order valence-corrected chi connectivity index (χ1v) is 9.33. The standard InChI is InChI=1S/C19H17N5O3S/c1-23-19(25)24(22-21-23)17-6-4-3-5-14(17)11-27-18-20-16(12-28-18)13-7-9-15(26-2)10-8-13/h3-10,12H,11H2,1-2H3. The van der Waals surface area contributed by atoms with Gasteiger partial charge in [0.05, 0.1) is 18.5 Å². The Morgan fingerprint density at radius 2 is 1.86 bits per heavy atom. The lowest BCUT2D eigenvalue weighted by Crippen LogP contribution is -2.23. The van der Waals surface area contributed by atoms with E-state index in [4.69, 9.17) is 9.47 Å². The van der Waals surface area contributed by atoms with Crippen molar-refractivity contribution < 1.29 is 9.47 Å². The van der Waals surface area contributed by atoms with E-state index in [0.29, 0.717) is 10.9 Å². The average molecular weight is 395 g/mol. The molecular formula is C19H17N5O3S. The van der Waals surface area contributed by atoms with Crippen LogP contribution in [0.1, 0.15) is 5.56 Å². The second kappa shape index (κ2) is 7.65. The number of tetrazole rings is 1. The maximum atomic E-state index is 12.1. The zero-order valence-corrected chi connectivity index (χ0v) is 16.1. The molecule has 0 amide bonds. The van der Waals surface area contributed by atoms with Crippen molar-refractivity contribution in [3.05, 3.63) is 70.0 Å².